The number of nitrogens with one attached hydrogen (secondary N) is 4. The molecule has 1 aliphatic carbocycles. The molecule has 2 aliphatic rings. The summed E-state index contributed by atoms with van der Waals surface area (Å²) in [7, 11) is 0. The standard InChI is InChI=1S/C21H22ClN5O/c22-14-7-3-5-12-13-6-4-9-16(20(13)25-19(12)14)24-21(28)18-11-17(26-27-18)15-8-1-2-10-23-15/h1-3,5,7-8,10,16-18,25-27H,4,6,9,11H2,(H,24,28). The fraction of sp³-hybridized carbons (Fsp3) is 0.333. The van der Waals surface area contributed by atoms with Gasteiger partial charge in [-0.15, -0.1) is 0 Å². The Kier molecular flexibility index (Phi) is 4.55. The van der Waals surface area contributed by atoms with Crippen molar-refractivity contribution in [3.05, 3.63) is 64.6 Å². The Bertz CT molecular complexity index is 1020. The summed E-state index contributed by atoms with van der Waals surface area (Å²) in [6.45, 7) is 0. The Balaban J connectivity index is 1.33. The molecule has 3 unspecified atom stereocenters. The van der Waals surface area contributed by atoms with Crippen LogP contribution in [0, 0.1) is 0 Å². The number of halogens is 1. The van der Waals surface area contributed by atoms with Gasteiger partial charge in [0.15, 0.2) is 0 Å². The minimum Gasteiger partial charge on any atom is -0.355 e. The van der Waals surface area contributed by atoms with Gasteiger partial charge in [-0.25, -0.2) is 10.9 Å². The zero-order chi connectivity index (χ0) is 19.1. The molecule has 1 saturated heterocycles. The number of amides is 1. The van der Waals surface area contributed by atoms with Gasteiger partial charge in [0.1, 0.15) is 6.04 Å². The Morgan fingerprint density at radius 1 is 1.18 bits per heavy atom. The van der Waals surface area contributed by atoms with E-state index < -0.39 is 0 Å². The van der Waals surface area contributed by atoms with Crippen LogP contribution in [-0.4, -0.2) is 21.9 Å². The Labute approximate surface area is 168 Å². The highest BCUT2D eigenvalue weighted by atomic mass is 35.5. The number of benzene rings is 1. The molecule has 6 nitrogen and oxygen atoms in total. The van der Waals surface area contributed by atoms with Crippen molar-refractivity contribution in [3.63, 3.8) is 0 Å². The highest BCUT2D eigenvalue weighted by Crippen LogP contribution is 2.37. The molecule has 5 rings (SSSR count). The van der Waals surface area contributed by atoms with Crippen molar-refractivity contribution < 1.29 is 4.79 Å². The number of fused-ring (bicyclic) bond motifs is 3. The van der Waals surface area contributed by atoms with Gasteiger partial charge in [0.2, 0.25) is 5.91 Å². The number of pyridine rings is 1. The lowest BCUT2D eigenvalue weighted by Crippen LogP contribution is -2.45. The van der Waals surface area contributed by atoms with Crippen LogP contribution in [0.2, 0.25) is 5.02 Å². The molecule has 0 radical (unpaired) electrons. The van der Waals surface area contributed by atoms with Crippen LogP contribution in [0.5, 0.6) is 0 Å². The van der Waals surface area contributed by atoms with Gasteiger partial charge in [-0.1, -0.05) is 29.8 Å². The summed E-state index contributed by atoms with van der Waals surface area (Å²) in [5.41, 5.74) is 10.6. The maximum atomic E-state index is 12.9. The van der Waals surface area contributed by atoms with E-state index in [0.717, 1.165) is 46.6 Å². The second kappa shape index (κ2) is 7.20. The van der Waals surface area contributed by atoms with E-state index in [1.165, 1.54) is 5.56 Å². The normalized spacial score (nSPS) is 24.2. The van der Waals surface area contributed by atoms with E-state index in [1.807, 2.05) is 30.3 Å². The van der Waals surface area contributed by atoms with Gasteiger partial charge in [-0.05, 0) is 49.4 Å². The second-order valence-corrected chi connectivity index (χ2v) is 7.92. The lowest BCUT2D eigenvalue weighted by molar-refractivity contribution is -0.123. The molecule has 0 spiro atoms. The number of aromatic amines is 1. The lowest BCUT2D eigenvalue weighted by Gasteiger charge is -2.25. The van der Waals surface area contributed by atoms with Gasteiger partial charge < -0.3 is 10.3 Å². The lowest BCUT2D eigenvalue weighted by atomic mass is 9.91. The van der Waals surface area contributed by atoms with Crippen LogP contribution in [0.25, 0.3) is 10.9 Å². The number of aryl methyl sites for hydroxylation is 1. The quantitative estimate of drug-likeness (QED) is 0.548. The third kappa shape index (κ3) is 3.07. The average molecular weight is 396 g/mol. The van der Waals surface area contributed by atoms with Crippen molar-refractivity contribution in [2.45, 2.75) is 43.8 Å². The summed E-state index contributed by atoms with van der Waals surface area (Å²) < 4.78 is 0. The number of hydrogen-bond donors (Lipinski definition) is 4. The van der Waals surface area contributed by atoms with Crippen molar-refractivity contribution in [2.75, 3.05) is 0 Å². The van der Waals surface area contributed by atoms with Crippen LogP contribution in [0.15, 0.2) is 42.6 Å². The van der Waals surface area contributed by atoms with Crippen LogP contribution >= 0.6 is 11.6 Å². The Morgan fingerprint density at radius 2 is 2.11 bits per heavy atom. The van der Waals surface area contributed by atoms with E-state index >= 15 is 0 Å². The van der Waals surface area contributed by atoms with Gasteiger partial charge in [0, 0.05) is 17.3 Å². The van der Waals surface area contributed by atoms with Gasteiger partial charge in [0.25, 0.3) is 0 Å². The number of H-pyrrole nitrogens is 1. The molecule has 3 atom stereocenters. The molecule has 4 N–H and O–H groups in total. The summed E-state index contributed by atoms with van der Waals surface area (Å²) in [6, 6.07) is 11.5. The largest absolute Gasteiger partial charge is 0.355 e. The number of rotatable bonds is 3. The van der Waals surface area contributed by atoms with E-state index in [4.69, 9.17) is 11.6 Å². The minimum atomic E-state index is -0.287. The number of aromatic nitrogens is 2. The third-order valence-electron chi connectivity index (χ3n) is 5.77. The predicted molar refractivity (Wildman–Crippen MR) is 109 cm³/mol. The first kappa shape index (κ1) is 17.7. The summed E-state index contributed by atoms with van der Waals surface area (Å²) >= 11 is 6.37. The molecule has 1 amide bonds. The fourth-order valence-electron chi connectivity index (χ4n) is 4.37. The van der Waals surface area contributed by atoms with Crippen LogP contribution in [0.1, 0.15) is 48.3 Å². The summed E-state index contributed by atoms with van der Waals surface area (Å²) in [5.74, 6) is 0.00790. The summed E-state index contributed by atoms with van der Waals surface area (Å²) in [6.07, 6.45) is 5.42. The first-order valence-electron chi connectivity index (χ1n) is 9.72. The maximum absolute atomic E-state index is 12.9. The van der Waals surface area contributed by atoms with Crippen LogP contribution in [0.3, 0.4) is 0 Å². The van der Waals surface area contributed by atoms with Crippen molar-refractivity contribution >= 4 is 28.4 Å². The van der Waals surface area contributed by atoms with E-state index in [-0.39, 0.29) is 24.0 Å². The van der Waals surface area contributed by atoms with Gasteiger partial charge >= 0.3 is 0 Å². The average Bonchev–Trinajstić information content (AvgIpc) is 3.35. The number of para-hydroxylation sites is 1. The summed E-state index contributed by atoms with van der Waals surface area (Å²) in [4.78, 5) is 20.8. The molecule has 3 heterocycles. The van der Waals surface area contributed by atoms with Crippen LogP contribution in [-0.2, 0) is 11.2 Å². The molecule has 3 aromatic rings. The summed E-state index contributed by atoms with van der Waals surface area (Å²) in [5, 5.41) is 5.12. The minimum absolute atomic E-state index is 0.00790. The molecule has 144 valence electrons. The van der Waals surface area contributed by atoms with E-state index in [0.29, 0.717) is 6.42 Å². The molecule has 7 heteroatoms. The third-order valence-corrected chi connectivity index (χ3v) is 6.09. The number of carbonyl (C=O) groups is 1. The molecule has 2 aromatic heterocycles. The Morgan fingerprint density at radius 3 is 2.96 bits per heavy atom. The predicted octanol–water partition coefficient (Wildman–Crippen LogP) is 3.32. The molecular weight excluding hydrogens is 374 g/mol. The second-order valence-electron chi connectivity index (χ2n) is 7.52. The monoisotopic (exact) mass is 395 g/mol. The molecule has 1 aromatic carbocycles. The zero-order valence-electron chi connectivity index (χ0n) is 15.3. The van der Waals surface area contributed by atoms with Crippen molar-refractivity contribution in [3.8, 4) is 0 Å². The molecular formula is C21H22ClN5O. The zero-order valence-corrected chi connectivity index (χ0v) is 16.1. The maximum Gasteiger partial charge on any atom is 0.239 e. The molecule has 1 fully saturated rings. The van der Waals surface area contributed by atoms with E-state index in [1.54, 1.807) is 6.20 Å². The molecule has 0 bridgehead atoms. The van der Waals surface area contributed by atoms with E-state index in [2.05, 4.69) is 32.2 Å². The topological polar surface area (TPSA) is 81.8 Å². The molecule has 28 heavy (non-hydrogen) atoms. The van der Waals surface area contributed by atoms with Gasteiger partial charge in [0.05, 0.1) is 28.3 Å². The van der Waals surface area contributed by atoms with Crippen molar-refractivity contribution in [1.29, 1.82) is 0 Å². The first-order valence-corrected chi connectivity index (χ1v) is 10.1. The van der Waals surface area contributed by atoms with Gasteiger partial charge in [-0.3, -0.25) is 9.78 Å². The molecule has 0 saturated carbocycles. The number of hydrazine groups is 1. The van der Waals surface area contributed by atoms with E-state index in [9.17, 15) is 4.79 Å². The van der Waals surface area contributed by atoms with Crippen LogP contribution < -0.4 is 16.2 Å². The fourth-order valence-corrected chi connectivity index (χ4v) is 4.59. The highest BCUT2D eigenvalue weighted by molar-refractivity contribution is 6.35. The SMILES string of the molecule is O=C(NC1CCCc2c1[nH]c1c(Cl)cccc21)C1CC(c2ccccn2)NN1. The smallest absolute Gasteiger partial charge is 0.239 e. The molecule has 1 aliphatic heterocycles. The van der Waals surface area contributed by atoms with Crippen LogP contribution in [0.4, 0.5) is 0 Å². The number of carbonyl (C=O) groups excluding carboxylic acids is 1. The van der Waals surface area contributed by atoms with Crippen molar-refractivity contribution in [1.82, 2.24) is 26.1 Å². The highest BCUT2D eigenvalue weighted by Gasteiger charge is 2.33. The van der Waals surface area contributed by atoms with Crippen molar-refractivity contribution in [2.24, 2.45) is 0 Å². The Hall–Kier alpha value is -2.41. The first-order chi connectivity index (χ1) is 13.7. The number of nitrogens with zero attached hydrogens (tertiary/aromatic N) is 1. The number of hydrogen-bond acceptors (Lipinski definition) is 4. The van der Waals surface area contributed by atoms with Gasteiger partial charge in [-0.2, -0.15) is 0 Å².